The zero-order chi connectivity index (χ0) is 18.3. The van der Waals surface area contributed by atoms with Crippen LogP contribution in [0.25, 0.3) is 0 Å². The quantitative estimate of drug-likeness (QED) is 0.402. The molecule has 0 aliphatic carbocycles. The Kier molecular flexibility index (Phi) is 26.1. The Bertz CT molecular complexity index is 223. The molecule has 0 amide bonds. The number of carbonyl (C=O) groups is 1. The third-order valence-corrected chi connectivity index (χ3v) is 2.64. The number of rotatable bonds is 17. The van der Waals surface area contributed by atoms with Crippen molar-refractivity contribution in [3.8, 4) is 0 Å². The molecule has 0 saturated carbocycles. The van der Waals surface area contributed by atoms with Gasteiger partial charge in [0.25, 0.3) is 0 Å². The van der Waals surface area contributed by atoms with Gasteiger partial charge in [-0.25, -0.2) is 4.79 Å². The minimum Gasteiger partial charge on any atom is -0.480 e. The zero-order valence-electron chi connectivity index (χ0n) is 15.6. The van der Waals surface area contributed by atoms with Crippen LogP contribution in [0.1, 0.15) is 40.0 Å². The van der Waals surface area contributed by atoms with Crippen LogP contribution in [0.3, 0.4) is 0 Å². The minimum atomic E-state index is -0.915. The second kappa shape index (κ2) is 24.5. The Morgan fingerprint density at radius 2 is 1.12 bits per heavy atom. The summed E-state index contributed by atoms with van der Waals surface area (Å²) in [5, 5.41) is 7.92. The van der Waals surface area contributed by atoms with Crippen LogP contribution in [0.15, 0.2) is 0 Å². The van der Waals surface area contributed by atoms with E-state index in [2.05, 4.69) is 11.7 Å². The molecular weight excluding hydrogens is 316 g/mol. The van der Waals surface area contributed by atoms with Gasteiger partial charge in [-0.3, -0.25) is 0 Å². The van der Waals surface area contributed by atoms with Crippen molar-refractivity contribution in [1.82, 2.24) is 0 Å². The van der Waals surface area contributed by atoms with Crippen LogP contribution in [0.4, 0.5) is 0 Å². The van der Waals surface area contributed by atoms with E-state index in [1.807, 2.05) is 6.92 Å². The number of carboxylic acids is 1. The van der Waals surface area contributed by atoms with Gasteiger partial charge in [-0.15, -0.1) is 0 Å². The Hall–Kier alpha value is -0.730. The Morgan fingerprint density at radius 1 is 0.667 bits per heavy atom. The van der Waals surface area contributed by atoms with E-state index in [-0.39, 0.29) is 6.61 Å². The minimum absolute atomic E-state index is 0.184. The molecule has 7 heteroatoms. The normalized spacial score (nSPS) is 10.3. The molecule has 0 spiro atoms. The molecule has 1 N–H and O–H groups in total. The summed E-state index contributed by atoms with van der Waals surface area (Å²) >= 11 is 0. The third kappa shape index (κ3) is 29.3. The summed E-state index contributed by atoms with van der Waals surface area (Å²) in [6, 6.07) is 0. The van der Waals surface area contributed by atoms with Crippen molar-refractivity contribution in [2.24, 2.45) is 0 Å². The summed E-state index contributed by atoms with van der Waals surface area (Å²) < 4.78 is 25.7. The molecule has 0 aromatic carbocycles. The summed E-state index contributed by atoms with van der Waals surface area (Å²) in [6.07, 6.45) is 3.63. The van der Waals surface area contributed by atoms with Gasteiger partial charge in [0.05, 0.1) is 39.6 Å². The summed E-state index contributed by atoms with van der Waals surface area (Å²) in [7, 11) is 0. The molecule has 0 unspecified atom stereocenters. The van der Waals surface area contributed by atoms with Gasteiger partial charge in [0, 0.05) is 19.8 Å². The number of unbranched alkanes of at least 4 members (excludes halogenated alkanes) is 2. The first-order chi connectivity index (χ1) is 11.7. The van der Waals surface area contributed by atoms with Gasteiger partial charge in [-0.2, -0.15) is 0 Å². The van der Waals surface area contributed by atoms with E-state index in [1.54, 1.807) is 6.92 Å². The predicted molar refractivity (Wildman–Crippen MR) is 92.6 cm³/mol. The SMILES string of the molecule is CCCCCOCCOCCOCCOCC.CCOCC(=O)O. The van der Waals surface area contributed by atoms with Crippen molar-refractivity contribution in [3.05, 3.63) is 0 Å². The van der Waals surface area contributed by atoms with Gasteiger partial charge < -0.3 is 28.8 Å². The van der Waals surface area contributed by atoms with Crippen LogP contribution in [0.5, 0.6) is 0 Å². The average Bonchev–Trinajstić information content (AvgIpc) is 2.58. The van der Waals surface area contributed by atoms with E-state index < -0.39 is 5.97 Å². The molecule has 0 fully saturated rings. The van der Waals surface area contributed by atoms with Gasteiger partial charge in [0.1, 0.15) is 6.61 Å². The molecule has 0 rings (SSSR count). The molecule has 0 bridgehead atoms. The second-order valence-electron chi connectivity index (χ2n) is 4.77. The Morgan fingerprint density at radius 3 is 1.50 bits per heavy atom. The lowest BCUT2D eigenvalue weighted by Crippen LogP contribution is -2.12. The van der Waals surface area contributed by atoms with E-state index in [9.17, 15) is 4.79 Å². The lowest BCUT2D eigenvalue weighted by Gasteiger charge is -2.06. The highest BCUT2D eigenvalue weighted by atomic mass is 16.6. The predicted octanol–water partition coefficient (Wildman–Crippen LogP) is 2.37. The molecule has 0 aromatic heterocycles. The summed E-state index contributed by atoms with van der Waals surface area (Å²) in [6.45, 7) is 11.7. The summed E-state index contributed by atoms with van der Waals surface area (Å²) in [4.78, 5) is 9.63. The molecule has 0 aliphatic rings. The molecule has 0 atom stereocenters. The molecule has 24 heavy (non-hydrogen) atoms. The van der Waals surface area contributed by atoms with Gasteiger partial charge >= 0.3 is 5.97 Å². The number of ether oxygens (including phenoxy) is 5. The van der Waals surface area contributed by atoms with E-state index >= 15 is 0 Å². The summed E-state index contributed by atoms with van der Waals surface area (Å²) in [5.41, 5.74) is 0. The lowest BCUT2D eigenvalue weighted by molar-refractivity contribution is -0.142. The molecular formula is C17H36O7. The van der Waals surface area contributed by atoms with Crippen LogP contribution in [-0.2, 0) is 28.5 Å². The van der Waals surface area contributed by atoms with Gasteiger partial charge in [0.15, 0.2) is 0 Å². The average molecular weight is 352 g/mol. The van der Waals surface area contributed by atoms with Crippen molar-refractivity contribution in [1.29, 1.82) is 0 Å². The van der Waals surface area contributed by atoms with Crippen LogP contribution >= 0.6 is 0 Å². The number of hydrogen-bond donors (Lipinski definition) is 1. The van der Waals surface area contributed by atoms with Crippen LogP contribution in [0, 0.1) is 0 Å². The molecule has 0 aliphatic heterocycles. The monoisotopic (exact) mass is 352 g/mol. The maximum atomic E-state index is 9.63. The standard InChI is InChI=1S/C13H28O4.C4H8O3/c1-3-5-6-7-15-10-11-17-13-12-16-9-8-14-4-2;1-2-7-3-4(5)6/h3-13H2,1-2H3;2-3H2,1H3,(H,5,6). The third-order valence-electron chi connectivity index (χ3n) is 2.64. The number of aliphatic carboxylic acids is 1. The fourth-order valence-electron chi connectivity index (χ4n) is 1.45. The van der Waals surface area contributed by atoms with E-state index in [1.165, 1.54) is 12.8 Å². The number of carboxylic acid groups (broad SMARTS) is 1. The van der Waals surface area contributed by atoms with Crippen molar-refractivity contribution in [2.75, 3.05) is 66.1 Å². The van der Waals surface area contributed by atoms with Crippen molar-refractivity contribution in [3.63, 3.8) is 0 Å². The maximum absolute atomic E-state index is 9.63. The molecule has 0 heterocycles. The first-order valence-corrected chi connectivity index (χ1v) is 8.79. The van der Waals surface area contributed by atoms with Crippen molar-refractivity contribution < 1.29 is 33.6 Å². The zero-order valence-corrected chi connectivity index (χ0v) is 15.6. The van der Waals surface area contributed by atoms with Crippen molar-refractivity contribution in [2.45, 2.75) is 40.0 Å². The fraction of sp³-hybridized carbons (Fsp3) is 0.941. The number of hydrogen-bond acceptors (Lipinski definition) is 6. The van der Waals surface area contributed by atoms with Gasteiger partial charge in [-0.05, 0) is 20.3 Å². The molecule has 0 saturated heterocycles. The molecule has 7 nitrogen and oxygen atoms in total. The Labute approximate surface area is 146 Å². The van der Waals surface area contributed by atoms with E-state index in [4.69, 9.17) is 24.1 Å². The van der Waals surface area contributed by atoms with E-state index in [0.29, 0.717) is 46.2 Å². The highest BCUT2D eigenvalue weighted by molar-refractivity contribution is 5.67. The first kappa shape index (κ1) is 25.5. The first-order valence-electron chi connectivity index (χ1n) is 8.79. The highest BCUT2D eigenvalue weighted by Crippen LogP contribution is 1.93. The van der Waals surface area contributed by atoms with Gasteiger partial charge in [0.2, 0.25) is 0 Å². The lowest BCUT2D eigenvalue weighted by atomic mass is 10.3. The van der Waals surface area contributed by atoms with Crippen LogP contribution < -0.4 is 0 Å². The largest absolute Gasteiger partial charge is 0.480 e. The van der Waals surface area contributed by atoms with Crippen LogP contribution in [0.2, 0.25) is 0 Å². The Balaban J connectivity index is 0. The van der Waals surface area contributed by atoms with E-state index in [0.717, 1.165) is 19.6 Å². The molecule has 0 radical (unpaired) electrons. The smallest absolute Gasteiger partial charge is 0.329 e. The molecule has 146 valence electrons. The fourth-order valence-corrected chi connectivity index (χ4v) is 1.45. The summed E-state index contributed by atoms with van der Waals surface area (Å²) in [5.74, 6) is -0.915. The second-order valence-corrected chi connectivity index (χ2v) is 4.77. The van der Waals surface area contributed by atoms with Gasteiger partial charge in [-0.1, -0.05) is 19.8 Å². The molecule has 0 aromatic rings. The highest BCUT2D eigenvalue weighted by Gasteiger charge is 1.92. The van der Waals surface area contributed by atoms with Crippen LogP contribution in [-0.4, -0.2) is 77.1 Å². The topological polar surface area (TPSA) is 83.5 Å². The van der Waals surface area contributed by atoms with Crippen molar-refractivity contribution >= 4 is 5.97 Å². The maximum Gasteiger partial charge on any atom is 0.329 e.